The number of para-hydroxylation sites is 1. The maximum Gasteiger partial charge on any atom is 0.258 e. The summed E-state index contributed by atoms with van der Waals surface area (Å²) in [5, 5.41) is 9.71. The van der Waals surface area contributed by atoms with Crippen LogP contribution in [0.2, 0.25) is 5.02 Å². The van der Waals surface area contributed by atoms with Crippen molar-refractivity contribution in [3.63, 3.8) is 0 Å². The Morgan fingerprint density at radius 3 is 2.74 bits per heavy atom. The number of carbonyl (C=O) groups excluding carboxylic acids is 2. The second-order valence-electron chi connectivity index (χ2n) is 6.26. The van der Waals surface area contributed by atoms with Crippen LogP contribution in [0.4, 0.5) is 5.69 Å². The highest BCUT2D eigenvalue weighted by atomic mass is 35.5. The molecule has 0 aliphatic carbocycles. The van der Waals surface area contributed by atoms with Gasteiger partial charge in [-0.2, -0.15) is 5.26 Å². The highest BCUT2D eigenvalue weighted by molar-refractivity contribution is 6.31. The van der Waals surface area contributed by atoms with Gasteiger partial charge < -0.3 is 14.5 Å². The fourth-order valence-electron chi connectivity index (χ4n) is 3.16. The summed E-state index contributed by atoms with van der Waals surface area (Å²) in [6, 6.07) is 13.6. The number of piperazine rings is 1. The molecule has 1 atom stereocenters. The average Bonchev–Trinajstić information content (AvgIpc) is 2.68. The molecule has 0 aromatic heterocycles. The number of hydrogen-bond acceptors (Lipinski definition) is 4. The first kappa shape index (κ1) is 18.7. The van der Waals surface area contributed by atoms with Crippen molar-refractivity contribution < 1.29 is 14.3 Å². The molecule has 1 heterocycles. The van der Waals surface area contributed by atoms with Crippen molar-refractivity contribution in [3.05, 3.63) is 58.6 Å². The van der Waals surface area contributed by atoms with Crippen LogP contribution >= 0.6 is 11.6 Å². The van der Waals surface area contributed by atoms with Crippen LogP contribution in [0.15, 0.2) is 42.5 Å². The van der Waals surface area contributed by atoms with Crippen molar-refractivity contribution in [2.24, 2.45) is 0 Å². The van der Waals surface area contributed by atoms with Crippen LogP contribution in [-0.4, -0.2) is 43.0 Å². The molecule has 138 valence electrons. The van der Waals surface area contributed by atoms with Gasteiger partial charge in [0.2, 0.25) is 5.91 Å². The summed E-state index contributed by atoms with van der Waals surface area (Å²) in [6.45, 7) is 2.07. The van der Waals surface area contributed by atoms with Crippen molar-refractivity contribution in [3.8, 4) is 11.8 Å². The number of benzene rings is 2. The van der Waals surface area contributed by atoms with Crippen molar-refractivity contribution >= 4 is 29.1 Å². The van der Waals surface area contributed by atoms with Crippen LogP contribution in [0.1, 0.15) is 22.8 Å². The van der Waals surface area contributed by atoms with E-state index in [-0.39, 0.29) is 24.4 Å². The number of ether oxygens (including phenoxy) is 1. The third-order valence-electron chi connectivity index (χ3n) is 4.55. The molecule has 2 amide bonds. The van der Waals surface area contributed by atoms with E-state index in [0.29, 0.717) is 34.1 Å². The van der Waals surface area contributed by atoms with Crippen molar-refractivity contribution in [2.75, 3.05) is 25.1 Å². The fourth-order valence-corrected chi connectivity index (χ4v) is 3.33. The standard InChI is InChI=1S/C20H18ClN3O3/c1-13-11-24(17-6-4-3-5-14(17)10-22)19(25)12-23(13)20(26)16-9-15(21)7-8-18(16)27-2/h3-9,13H,11-12H2,1-2H3/t13-/m1/s1. The number of rotatable bonds is 3. The number of nitrogens with zero attached hydrogens (tertiary/aromatic N) is 3. The first-order valence-electron chi connectivity index (χ1n) is 8.40. The fraction of sp³-hybridized carbons (Fsp3) is 0.250. The van der Waals surface area contributed by atoms with Crippen molar-refractivity contribution in [1.29, 1.82) is 5.26 Å². The summed E-state index contributed by atoms with van der Waals surface area (Å²) in [6.07, 6.45) is 0. The number of carbonyl (C=O) groups is 2. The second kappa shape index (κ2) is 7.68. The van der Waals surface area contributed by atoms with E-state index in [1.165, 1.54) is 18.1 Å². The zero-order valence-corrected chi connectivity index (χ0v) is 15.7. The molecule has 0 radical (unpaired) electrons. The van der Waals surface area contributed by atoms with E-state index in [9.17, 15) is 14.9 Å². The topological polar surface area (TPSA) is 73.6 Å². The Morgan fingerprint density at radius 2 is 2.04 bits per heavy atom. The molecule has 1 aliphatic rings. The highest BCUT2D eigenvalue weighted by Crippen LogP contribution is 2.28. The van der Waals surface area contributed by atoms with Gasteiger partial charge in [0, 0.05) is 17.6 Å². The second-order valence-corrected chi connectivity index (χ2v) is 6.70. The molecule has 0 spiro atoms. The van der Waals surface area contributed by atoms with Gasteiger partial charge in [0.25, 0.3) is 5.91 Å². The minimum Gasteiger partial charge on any atom is -0.496 e. The van der Waals surface area contributed by atoms with Gasteiger partial charge >= 0.3 is 0 Å². The molecule has 2 aromatic carbocycles. The normalized spacial score (nSPS) is 16.8. The highest BCUT2D eigenvalue weighted by Gasteiger charge is 2.35. The average molecular weight is 384 g/mol. The van der Waals surface area contributed by atoms with E-state index in [1.807, 2.05) is 6.92 Å². The number of anilines is 1. The summed E-state index contributed by atoms with van der Waals surface area (Å²) in [5.41, 5.74) is 1.30. The summed E-state index contributed by atoms with van der Waals surface area (Å²) in [7, 11) is 1.48. The van der Waals surface area contributed by atoms with E-state index < -0.39 is 0 Å². The number of nitriles is 1. The van der Waals surface area contributed by atoms with Crippen LogP contribution in [0.25, 0.3) is 0 Å². The van der Waals surface area contributed by atoms with Gasteiger partial charge in [-0.15, -0.1) is 0 Å². The van der Waals surface area contributed by atoms with Crippen LogP contribution in [0.5, 0.6) is 5.75 Å². The maximum absolute atomic E-state index is 13.0. The molecular weight excluding hydrogens is 366 g/mol. The van der Waals surface area contributed by atoms with Crippen molar-refractivity contribution in [2.45, 2.75) is 13.0 Å². The Balaban J connectivity index is 1.88. The van der Waals surface area contributed by atoms with E-state index in [0.717, 1.165) is 0 Å². The van der Waals surface area contributed by atoms with Gasteiger partial charge in [-0.3, -0.25) is 9.59 Å². The molecule has 1 aliphatic heterocycles. The van der Waals surface area contributed by atoms with Crippen molar-refractivity contribution in [1.82, 2.24) is 4.90 Å². The summed E-state index contributed by atoms with van der Waals surface area (Å²) in [4.78, 5) is 28.8. The number of amides is 2. The molecule has 0 bridgehead atoms. The first-order valence-corrected chi connectivity index (χ1v) is 8.78. The molecule has 1 saturated heterocycles. The lowest BCUT2D eigenvalue weighted by Gasteiger charge is -2.39. The van der Waals surface area contributed by atoms with Gasteiger partial charge in [0.1, 0.15) is 18.4 Å². The molecule has 3 rings (SSSR count). The predicted octanol–water partition coefficient (Wildman–Crippen LogP) is 3.10. The monoisotopic (exact) mass is 383 g/mol. The number of hydrogen-bond donors (Lipinski definition) is 0. The minimum atomic E-state index is -0.316. The molecule has 6 nitrogen and oxygen atoms in total. The Kier molecular flexibility index (Phi) is 5.33. The van der Waals surface area contributed by atoms with Gasteiger partial charge in [-0.05, 0) is 37.3 Å². The lowest BCUT2D eigenvalue weighted by atomic mass is 10.1. The third kappa shape index (κ3) is 3.60. The zero-order valence-electron chi connectivity index (χ0n) is 15.0. The first-order chi connectivity index (χ1) is 13.0. The van der Waals surface area contributed by atoms with E-state index in [1.54, 1.807) is 41.3 Å². The van der Waals surface area contributed by atoms with E-state index in [4.69, 9.17) is 16.3 Å². The molecule has 27 heavy (non-hydrogen) atoms. The van der Waals surface area contributed by atoms with Gasteiger partial charge in [-0.25, -0.2) is 0 Å². The Hall–Kier alpha value is -3.04. The smallest absolute Gasteiger partial charge is 0.258 e. The number of methoxy groups -OCH3 is 1. The molecule has 0 saturated carbocycles. The van der Waals surface area contributed by atoms with Crippen LogP contribution in [0.3, 0.4) is 0 Å². The molecule has 0 N–H and O–H groups in total. The van der Waals surface area contributed by atoms with Gasteiger partial charge in [-0.1, -0.05) is 23.7 Å². The lowest BCUT2D eigenvalue weighted by molar-refractivity contribution is -0.121. The Bertz CT molecular complexity index is 938. The van der Waals surface area contributed by atoms with E-state index in [2.05, 4.69) is 6.07 Å². The van der Waals surface area contributed by atoms with Crippen LogP contribution in [-0.2, 0) is 4.79 Å². The molecule has 1 fully saturated rings. The number of halogens is 1. The Morgan fingerprint density at radius 1 is 1.30 bits per heavy atom. The molecule has 0 unspecified atom stereocenters. The minimum absolute atomic E-state index is 0.0879. The largest absolute Gasteiger partial charge is 0.496 e. The molecular formula is C20H18ClN3O3. The zero-order chi connectivity index (χ0) is 19.6. The van der Waals surface area contributed by atoms with Gasteiger partial charge in [0.15, 0.2) is 0 Å². The summed E-state index contributed by atoms with van der Waals surface area (Å²) in [5.74, 6) is -0.158. The predicted molar refractivity (Wildman–Crippen MR) is 102 cm³/mol. The summed E-state index contributed by atoms with van der Waals surface area (Å²) < 4.78 is 5.26. The molecule has 2 aromatic rings. The third-order valence-corrected chi connectivity index (χ3v) is 4.79. The van der Waals surface area contributed by atoms with Crippen LogP contribution in [0, 0.1) is 11.3 Å². The molecule has 7 heteroatoms. The quantitative estimate of drug-likeness (QED) is 0.816. The lowest BCUT2D eigenvalue weighted by Crippen LogP contribution is -2.57. The van der Waals surface area contributed by atoms with Crippen LogP contribution < -0.4 is 9.64 Å². The van der Waals surface area contributed by atoms with E-state index >= 15 is 0 Å². The SMILES string of the molecule is COc1ccc(Cl)cc1C(=O)N1CC(=O)N(c2ccccc2C#N)C[C@H]1C. The Labute approximate surface area is 162 Å². The van der Waals surface area contributed by atoms with Gasteiger partial charge in [0.05, 0.1) is 23.9 Å². The maximum atomic E-state index is 13.0. The summed E-state index contributed by atoms with van der Waals surface area (Å²) >= 11 is 6.03.